The Bertz CT molecular complexity index is 621. The molecule has 1 atom stereocenters. The zero-order valence-electron chi connectivity index (χ0n) is 13.9. The molecule has 1 saturated heterocycles. The lowest BCUT2D eigenvalue weighted by atomic mass is 10.1. The lowest BCUT2D eigenvalue weighted by Gasteiger charge is -2.19. The van der Waals surface area contributed by atoms with E-state index in [0.717, 1.165) is 6.42 Å². The van der Waals surface area contributed by atoms with Gasteiger partial charge >= 0.3 is 5.97 Å². The summed E-state index contributed by atoms with van der Waals surface area (Å²) >= 11 is 0. The molecule has 1 aliphatic heterocycles. The number of halogens is 1. The van der Waals surface area contributed by atoms with E-state index in [1.165, 1.54) is 4.90 Å². The number of carboxylic acid groups (broad SMARTS) is 1. The molecule has 1 N–H and O–H groups in total. The fourth-order valence-corrected chi connectivity index (χ4v) is 2.54. The fourth-order valence-electron chi connectivity index (χ4n) is 2.54. The van der Waals surface area contributed by atoms with E-state index in [0.29, 0.717) is 30.3 Å². The largest absolute Gasteiger partial charge is 0.490 e. The van der Waals surface area contributed by atoms with Crippen molar-refractivity contribution in [2.45, 2.75) is 32.4 Å². The van der Waals surface area contributed by atoms with Gasteiger partial charge in [0.1, 0.15) is 0 Å². The van der Waals surface area contributed by atoms with Crippen molar-refractivity contribution in [3.05, 3.63) is 23.8 Å². The van der Waals surface area contributed by atoms with E-state index in [9.17, 15) is 14.0 Å². The van der Waals surface area contributed by atoms with E-state index in [1.54, 1.807) is 18.2 Å². The predicted octanol–water partition coefficient (Wildman–Crippen LogP) is 2.51. The Hall–Kier alpha value is -2.31. The number of alkyl halides is 1. The van der Waals surface area contributed by atoms with E-state index in [4.69, 9.17) is 14.6 Å². The van der Waals surface area contributed by atoms with Gasteiger partial charge in [0, 0.05) is 18.5 Å². The minimum Gasteiger partial charge on any atom is -0.490 e. The Morgan fingerprint density at radius 3 is 2.62 bits per heavy atom. The van der Waals surface area contributed by atoms with Crippen molar-refractivity contribution in [3.63, 3.8) is 0 Å². The first kappa shape index (κ1) is 18.0. The molecule has 0 aromatic heterocycles. The summed E-state index contributed by atoms with van der Waals surface area (Å²) in [5, 5.41) is 8.93. The molecule has 6 nitrogen and oxygen atoms in total. The molecule has 1 amide bonds. The highest BCUT2D eigenvalue weighted by molar-refractivity contribution is 5.96. The molecule has 1 aliphatic rings. The molecule has 0 spiro atoms. The minimum atomic E-state index is -2.37. The molecule has 1 unspecified atom stereocenters. The second-order valence-electron chi connectivity index (χ2n) is 5.69. The molecule has 1 aromatic carbocycles. The number of amides is 1. The molecule has 7 heteroatoms. The predicted molar refractivity (Wildman–Crippen MR) is 85.4 cm³/mol. The van der Waals surface area contributed by atoms with Crippen molar-refractivity contribution in [2.75, 3.05) is 26.3 Å². The molecule has 0 radical (unpaired) electrons. The third-order valence-corrected chi connectivity index (χ3v) is 3.84. The van der Waals surface area contributed by atoms with E-state index < -0.39 is 24.1 Å². The van der Waals surface area contributed by atoms with E-state index in [1.807, 2.05) is 13.8 Å². The second kappa shape index (κ2) is 7.51. The summed E-state index contributed by atoms with van der Waals surface area (Å²) in [6, 6.07) is 4.77. The van der Waals surface area contributed by atoms with Crippen molar-refractivity contribution >= 4 is 11.9 Å². The van der Waals surface area contributed by atoms with Gasteiger partial charge in [-0.15, -0.1) is 0 Å². The number of carbonyl (C=O) groups is 2. The molecule has 0 saturated carbocycles. The Morgan fingerprint density at radius 2 is 2.04 bits per heavy atom. The zero-order valence-corrected chi connectivity index (χ0v) is 13.9. The average Bonchev–Trinajstić information content (AvgIpc) is 2.97. The van der Waals surface area contributed by atoms with Gasteiger partial charge in [0.25, 0.3) is 5.91 Å². The molecule has 1 heterocycles. The molecule has 1 fully saturated rings. The van der Waals surface area contributed by atoms with Gasteiger partial charge in [-0.2, -0.15) is 0 Å². The van der Waals surface area contributed by atoms with Crippen LogP contribution in [0.15, 0.2) is 18.2 Å². The molecule has 0 bridgehead atoms. The average molecular weight is 339 g/mol. The topological polar surface area (TPSA) is 76.1 Å². The molecule has 0 aliphatic carbocycles. The maximum absolute atomic E-state index is 14.1. The van der Waals surface area contributed by atoms with Crippen LogP contribution in [-0.4, -0.2) is 53.9 Å². The number of benzene rings is 1. The van der Waals surface area contributed by atoms with E-state index >= 15 is 0 Å². The van der Waals surface area contributed by atoms with Gasteiger partial charge in [-0.05, 0) is 31.5 Å². The van der Waals surface area contributed by atoms with Crippen molar-refractivity contribution in [1.82, 2.24) is 4.90 Å². The first-order valence-electron chi connectivity index (χ1n) is 8.02. The molecular formula is C17H22FNO5. The van der Waals surface area contributed by atoms with Crippen LogP contribution in [0.25, 0.3) is 0 Å². The monoisotopic (exact) mass is 339 g/mol. The maximum Gasteiger partial charge on any atom is 0.343 e. The normalized spacial score (nSPS) is 20.0. The van der Waals surface area contributed by atoms with Crippen LogP contribution in [0.4, 0.5) is 4.39 Å². The molecule has 2 rings (SSSR count). The van der Waals surface area contributed by atoms with Crippen LogP contribution in [0, 0.1) is 0 Å². The molecular weight excluding hydrogens is 317 g/mol. The number of hydrogen-bond acceptors (Lipinski definition) is 4. The van der Waals surface area contributed by atoms with Gasteiger partial charge in [-0.1, -0.05) is 6.92 Å². The van der Waals surface area contributed by atoms with Crippen molar-refractivity contribution in [2.24, 2.45) is 0 Å². The Balaban J connectivity index is 2.18. The van der Waals surface area contributed by atoms with Crippen molar-refractivity contribution < 1.29 is 28.6 Å². The molecule has 24 heavy (non-hydrogen) atoms. The summed E-state index contributed by atoms with van der Waals surface area (Å²) < 4.78 is 25.2. The number of carbonyl (C=O) groups excluding carboxylic acids is 1. The number of ether oxygens (including phenoxy) is 2. The second-order valence-corrected chi connectivity index (χ2v) is 5.69. The van der Waals surface area contributed by atoms with Crippen LogP contribution >= 0.6 is 0 Å². The van der Waals surface area contributed by atoms with Crippen LogP contribution < -0.4 is 9.47 Å². The standard InChI is InChI=1S/C17H22FNO5/c1-3-9-24-13-6-5-12(10-14(13)23-4-2)15(20)19-8-7-17(18,11-19)16(21)22/h5-6,10H,3-4,7-9,11H2,1-2H3,(H,21,22). The Kier molecular flexibility index (Phi) is 5.64. The third-order valence-electron chi connectivity index (χ3n) is 3.84. The van der Waals surface area contributed by atoms with Crippen molar-refractivity contribution in [1.29, 1.82) is 0 Å². The number of nitrogens with zero attached hydrogens (tertiary/aromatic N) is 1. The van der Waals surface area contributed by atoms with Crippen LogP contribution in [-0.2, 0) is 4.79 Å². The van der Waals surface area contributed by atoms with Gasteiger partial charge < -0.3 is 19.5 Å². The fraction of sp³-hybridized carbons (Fsp3) is 0.529. The SMILES string of the molecule is CCCOc1ccc(C(=O)N2CCC(F)(C(=O)O)C2)cc1OCC. The summed E-state index contributed by atoms with van der Waals surface area (Å²) in [7, 11) is 0. The first-order chi connectivity index (χ1) is 11.4. The molecule has 132 valence electrons. The first-order valence-corrected chi connectivity index (χ1v) is 8.02. The summed E-state index contributed by atoms with van der Waals surface area (Å²) in [6.07, 6.45) is 0.637. The Labute approximate surface area is 140 Å². The summed E-state index contributed by atoms with van der Waals surface area (Å²) in [6.45, 7) is 4.37. The van der Waals surface area contributed by atoms with Crippen LogP contribution in [0.5, 0.6) is 11.5 Å². The van der Waals surface area contributed by atoms with Gasteiger partial charge in [-0.25, -0.2) is 9.18 Å². The van der Waals surface area contributed by atoms with Gasteiger partial charge in [0.15, 0.2) is 11.5 Å². The van der Waals surface area contributed by atoms with Crippen molar-refractivity contribution in [3.8, 4) is 11.5 Å². The number of hydrogen-bond donors (Lipinski definition) is 1. The van der Waals surface area contributed by atoms with Crippen LogP contribution in [0.3, 0.4) is 0 Å². The summed E-state index contributed by atoms with van der Waals surface area (Å²) in [5.41, 5.74) is -2.06. The number of aliphatic carboxylic acids is 1. The van der Waals surface area contributed by atoms with E-state index in [-0.39, 0.29) is 13.0 Å². The maximum atomic E-state index is 14.1. The summed E-state index contributed by atoms with van der Waals surface area (Å²) in [4.78, 5) is 24.7. The number of likely N-dealkylation sites (tertiary alicyclic amines) is 1. The zero-order chi connectivity index (χ0) is 17.7. The quantitative estimate of drug-likeness (QED) is 0.826. The van der Waals surface area contributed by atoms with Crippen LogP contribution in [0.1, 0.15) is 37.0 Å². The highest BCUT2D eigenvalue weighted by Crippen LogP contribution is 2.31. The van der Waals surface area contributed by atoms with E-state index in [2.05, 4.69) is 0 Å². The summed E-state index contributed by atoms with van der Waals surface area (Å²) in [5.74, 6) is -0.960. The van der Waals surface area contributed by atoms with Gasteiger partial charge in [0.2, 0.25) is 5.67 Å². The molecule has 1 aromatic rings. The van der Waals surface area contributed by atoms with Gasteiger partial charge in [-0.3, -0.25) is 4.79 Å². The third kappa shape index (κ3) is 3.77. The Morgan fingerprint density at radius 1 is 1.29 bits per heavy atom. The minimum absolute atomic E-state index is 0.0691. The lowest BCUT2D eigenvalue weighted by Crippen LogP contribution is -2.38. The highest BCUT2D eigenvalue weighted by atomic mass is 19.1. The van der Waals surface area contributed by atoms with Crippen LogP contribution in [0.2, 0.25) is 0 Å². The highest BCUT2D eigenvalue weighted by Gasteiger charge is 2.47. The lowest BCUT2D eigenvalue weighted by molar-refractivity contribution is -0.149. The number of carboxylic acids is 1. The van der Waals surface area contributed by atoms with Gasteiger partial charge in [0.05, 0.1) is 19.8 Å². The smallest absolute Gasteiger partial charge is 0.343 e. The number of rotatable bonds is 7.